The molecular weight excluding hydrogens is 239 g/mol. The zero-order valence-electron chi connectivity index (χ0n) is 8.71. The third-order valence-corrected chi connectivity index (χ3v) is 3.41. The number of hydrogen-bond donors (Lipinski definition) is 1. The molecule has 0 spiro atoms. The first-order valence-electron chi connectivity index (χ1n) is 5.04. The highest BCUT2D eigenvalue weighted by molar-refractivity contribution is 6.30. The Morgan fingerprint density at radius 3 is 2.56 bits per heavy atom. The van der Waals surface area contributed by atoms with Crippen molar-refractivity contribution in [2.75, 3.05) is 6.54 Å². The molecule has 0 bridgehead atoms. The van der Waals surface area contributed by atoms with Gasteiger partial charge < -0.3 is 5.32 Å². The molecule has 1 aromatic rings. The molecule has 0 saturated carbocycles. The Balaban J connectivity index is 2.57. The molecule has 16 heavy (non-hydrogen) atoms. The largest absolute Gasteiger partial charge is 0.308 e. The first-order chi connectivity index (χ1) is 7.46. The molecule has 0 radical (unpaired) electrons. The fraction of sp³-hybridized carbons (Fsp3) is 0.455. The lowest BCUT2D eigenvalue weighted by molar-refractivity contribution is 0.389. The number of hydrogen-bond acceptors (Lipinski definition) is 1. The lowest BCUT2D eigenvalue weighted by atomic mass is 9.90. The quantitative estimate of drug-likeness (QED) is 0.595. The first kappa shape index (κ1) is 11.7. The smallest absolute Gasteiger partial charge is 0.180 e. The van der Waals surface area contributed by atoms with Crippen molar-refractivity contribution in [1.82, 2.24) is 5.32 Å². The Bertz CT molecular complexity index is 428. The van der Waals surface area contributed by atoms with Crippen molar-refractivity contribution in [1.29, 1.82) is 0 Å². The molecular formula is C11H11ClF3N. The first-order valence-corrected chi connectivity index (χ1v) is 5.42. The second-order valence-corrected chi connectivity index (χ2v) is 4.59. The molecule has 1 nitrogen and oxygen atoms in total. The minimum Gasteiger partial charge on any atom is -0.308 e. The molecule has 5 heteroatoms. The van der Waals surface area contributed by atoms with Crippen LogP contribution in [0.4, 0.5) is 13.2 Å². The maximum atomic E-state index is 13.7. The van der Waals surface area contributed by atoms with Gasteiger partial charge in [-0.1, -0.05) is 11.6 Å². The summed E-state index contributed by atoms with van der Waals surface area (Å²) in [6.07, 6.45) is 1.49. The fourth-order valence-electron chi connectivity index (χ4n) is 2.10. The Morgan fingerprint density at radius 1 is 1.31 bits per heavy atom. The van der Waals surface area contributed by atoms with Crippen LogP contribution in [-0.2, 0) is 5.54 Å². The second-order valence-electron chi connectivity index (χ2n) is 4.21. The van der Waals surface area contributed by atoms with Crippen molar-refractivity contribution in [2.45, 2.75) is 25.3 Å². The summed E-state index contributed by atoms with van der Waals surface area (Å²) < 4.78 is 40.3. The van der Waals surface area contributed by atoms with E-state index < -0.39 is 28.0 Å². The van der Waals surface area contributed by atoms with Crippen LogP contribution in [0, 0.1) is 17.5 Å². The van der Waals surface area contributed by atoms with E-state index in [1.54, 1.807) is 6.92 Å². The van der Waals surface area contributed by atoms with Crippen molar-refractivity contribution in [3.63, 3.8) is 0 Å². The van der Waals surface area contributed by atoms with Crippen molar-refractivity contribution < 1.29 is 13.2 Å². The van der Waals surface area contributed by atoms with Crippen molar-refractivity contribution in [3.8, 4) is 0 Å². The number of benzene rings is 1. The molecule has 1 atom stereocenters. The molecule has 1 aliphatic heterocycles. The van der Waals surface area contributed by atoms with Crippen LogP contribution in [0.3, 0.4) is 0 Å². The Labute approximate surface area is 96.6 Å². The average molecular weight is 250 g/mol. The van der Waals surface area contributed by atoms with Gasteiger partial charge in [0.2, 0.25) is 0 Å². The van der Waals surface area contributed by atoms with E-state index in [9.17, 15) is 13.2 Å². The van der Waals surface area contributed by atoms with E-state index >= 15 is 0 Å². The molecule has 1 aromatic carbocycles. The normalized spacial score (nSPS) is 25.1. The lowest BCUT2D eigenvalue weighted by Gasteiger charge is -2.25. The molecule has 0 aromatic heterocycles. The summed E-state index contributed by atoms with van der Waals surface area (Å²) in [5, 5.41) is 2.26. The van der Waals surface area contributed by atoms with Gasteiger partial charge in [0.15, 0.2) is 11.6 Å². The van der Waals surface area contributed by atoms with Gasteiger partial charge in [-0.3, -0.25) is 0 Å². The summed E-state index contributed by atoms with van der Waals surface area (Å²) in [5.74, 6) is -3.31. The second kappa shape index (κ2) is 3.93. The van der Waals surface area contributed by atoms with Crippen LogP contribution in [0.15, 0.2) is 6.07 Å². The van der Waals surface area contributed by atoms with Crippen LogP contribution in [-0.4, -0.2) is 6.54 Å². The zero-order valence-corrected chi connectivity index (χ0v) is 9.47. The van der Waals surface area contributed by atoms with Gasteiger partial charge in [-0.25, -0.2) is 13.2 Å². The van der Waals surface area contributed by atoms with E-state index in [4.69, 9.17) is 11.6 Å². The van der Waals surface area contributed by atoms with Crippen molar-refractivity contribution >= 4 is 11.6 Å². The highest BCUT2D eigenvalue weighted by Crippen LogP contribution is 2.35. The summed E-state index contributed by atoms with van der Waals surface area (Å²) in [6, 6.07) is 0.971. The van der Waals surface area contributed by atoms with Gasteiger partial charge in [-0.2, -0.15) is 0 Å². The number of rotatable bonds is 1. The summed E-state index contributed by atoms with van der Waals surface area (Å²) in [5.41, 5.74) is -0.708. The van der Waals surface area contributed by atoms with Gasteiger partial charge in [0.1, 0.15) is 10.8 Å². The van der Waals surface area contributed by atoms with E-state index in [1.165, 1.54) is 0 Å². The molecule has 0 amide bonds. The molecule has 0 aliphatic carbocycles. The van der Waals surface area contributed by atoms with Gasteiger partial charge in [0.05, 0.1) is 0 Å². The van der Waals surface area contributed by atoms with Gasteiger partial charge >= 0.3 is 0 Å². The Kier molecular flexibility index (Phi) is 2.88. The standard InChI is InChI=1S/C11H11ClF3N/c1-11(3-2-4-16-11)6-5-7(13)8(12)10(15)9(6)14/h5,16H,2-4H2,1H3. The third-order valence-electron chi connectivity index (χ3n) is 3.07. The summed E-state index contributed by atoms with van der Waals surface area (Å²) in [4.78, 5) is 0. The van der Waals surface area contributed by atoms with Crippen LogP contribution in [0.1, 0.15) is 25.3 Å². The molecule has 1 heterocycles. The number of nitrogens with one attached hydrogen (secondary N) is 1. The highest BCUT2D eigenvalue weighted by atomic mass is 35.5. The van der Waals surface area contributed by atoms with Gasteiger partial charge in [-0.05, 0) is 32.4 Å². The summed E-state index contributed by atoms with van der Waals surface area (Å²) in [7, 11) is 0. The summed E-state index contributed by atoms with van der Waals surface area (Å²) >= 11 is 5.30. The minimum absolute atomic E-state index is 0.00407. The van der Waals surface area contributed by atoms with Crippen LogP contribution in [0.2, 0.25) is 5.02 Å². The van der Waals surface area contributed by atoms with Crippen LogP contribution >= 0.6 is 11.6 Å². The topological polar surface area (TPSA) is 12.0 Å². The highest BCUT2D eigenvalue weighted by Gasteiger charge is 2.35. The average Bonchev–Trinajstić information content (AvgIpc) is 2.68. The molecule has 1 aliphatic rings. The Hall–Kier alpha value is -0.740. The predicted molar refractivity (Wildman–Crippen MR) is 55.9 cm³/mol. The van der Waals surface area contributed by atoms with Crippen molar-refractivity contribution in [3.05, 3.63) is 34.1 Å². The number of halogens is 4. The van der Waals surface area contributed by atoms with E-state index in [-0.39, 0.29) is 5.56 Å². The van der Waals surface area contributed by atoms with Crippen LogP contribution in [0.5, 0.6) is 0 Å². The van der Waals surface area contributed by atoms with E-state index in [0.717, 1.165) is 12.5 Å². The summed E-state index contributed by atoms with van der Waals surface area (Å²) in [6.45, 7) is 2.44. The van der Waals surface area contributed by atoms with Gasteiger partial charge in [0, 0.05) is 11.1 Å². The van der Waals surface area contributed by atoms with Crippen LogP contribution < -0.4 is 5.32 Å². The van der Waals surface area contributed by atoms with E-state index in [1.807, 2.05) is 0 Å². The van der Waals surface area contributed by atoms with Crippen LogP contribution in [0.25, 0.3) is 0 Å². The Morgan fingerprint density at radius 2 is 2.00 bits per heavy atom. The fourth-order valence-corrected chi connectivity index (χ4v) is 2.24. The molecule has 2 rings (SSSR count). The van der Waals surface area contributed by atoms with Gasteiger partial charge in [-0.15, -0.1) is 0 Å². The van der Waals surface area contributed by atoms with E-state index in [0.29, 0.717) is 13.0 Å². The molecule has 1 N–H and O–H groups in total. The molecule has 88 valence electrons. The maximum absolute atomic E-state index is 13.7. The zero-order chi connectivity index (χ0) is 11.9. The molecule has 1 fully saturated rings. The predicted octanol–water partition coefficient (Wildman–Crippen LogP) is 3.36. The van der Waals surface area contributed by atoms with Crippen molar-refractivity contribution in [2.24, 2.45) is 0 Å². The SMILES string of the molecule is CC1(c2cc(F)c(Cl)c(F)c2F)CCCN1. The minimum atomic E-state index is -1.31. The monoisotopic (exact) mass is 249 g/mol. The molecule has 1 unspecified atom stereocenters. The van der Waals surface area contributed by atoms with Gasteiger partial charge in [0.25, 0.3) is 0 Å². The maximum Gasteiger partial charge on any atom is 0.180 e. The van der Waals surface area contributed by atoms with E-state index in [2.05, 4.69) is 5.32 Å². The lowest BCUT2D eigenvalue weighted by Crippen LogP contribution is -2.34. The molecule has 1 saturated heterocycles. The third kappa shape index (κ3) is 1.70.